The number of aromatic nitrogens is 2. The van der Waals surface area contributed by atoms with Crippen LogP contribution in [-0.2, 0) is 0 Å². The Balaban J connectivity index is 1.82. The summed E-state index contributed by atoms with van der Waals surface area (Å²) in [7, 11) is 2.22. The Bertz CT molecular complexity index is 420. The van der Waals surface area contributed by atoms with E-state index in [1.165, 1.54) is 25.7 Å². The SMILES string of the molecule is CCNc1ncnc(NCCN(C)C2CCCC2)c1Br. The molecule has 2 rings (SSSR count). The third-order valence-electron chi connectivity index (χ3n) is 3.84. The largest absolute Gasteiger partial charge is 0.369 e. The number of hydrogen-bond donors (Lipinski definition) is 2. The number of hydrogen-bond acceptors (Lipinski definition) is 5. The molecule has 1 fully saturated rings. The van der Waals surface area contributed by atoms with Crippen molar-refractivity contribution in [1.29, 1.82) is 0 Å². The van der Waals surface area contributed by atoms with E-state index in [1.54, 1.807) is 6.33 Å². The first kappa shape index (κ1) is 15.5. The van der Waals surface area contributed by atoms with Gasteiger partial charge in [-0.2, -0.15) is 0 Å². The normalized spacial score (nSPS) is 15.8. The molecule has 2 N–H and O–H groups in total. The molecule has 1 aromatic rings. The maximum absolute atomic E-state index is 4.29. The van der Waals surface area contributed by atoms with Crippen LogP contribution in [0.25, 0.3) is 0 Å². The maximum atomic E-state index is 4.29. The Labute approximate surface area is 129 Å². The standard InChI is InChI=1S/C14H24BrN5/c1-3-16-13-12(15)14(19-10-18-13)17-8-9-20(2)11-6-4-5-7-11/h10-11H,3-9H2,1-2H3,(H2,16,17,18,19). The molecular formula is C14H24BrN5. The Morgan fingerprint density at radius 1 is 1.25 bits per heavy atom. The molecule has 5 nitrogen and oxygen atoms in total. The van der Waals surface area contributed by atoms with Gasteiger partial charge < -0.3 is 15.5 Å². The van der Waals surface area contributed by atoms with Gasteiger partial charge in [0, 0.05) is 25.7 Å². The second-order valence-electron chi connectivity index (χ2n) is 5.26. The summed E-state index contributed by atoms with van der Waals surface area (Å²) in [5, 5.41) is 6.60. The van der Waals surface area contributed by atoms with Gasteiger partial charge >= 0.3 is 0 Å². The molecule has 1 aromatic heterocycles. The first-order chi connectivity index (χ1) is 9.72. The molecule has 112 valence electrons. The number of nitrogens with zero attached hydrogens (tertiary/aromatic N) is 3. The molecule has 0 aromatic carbocycles. The molecular weight excluding hydrogens is 318 g/mol. The van der Waals surface area contributed by atoms with Crippen molar-refractivity contribution in [1.82, 2.24) is 14.9 Å². The minimum Gasteiger partial charge on any atom is -0.369 e. The van der Waals surface area contributed by atoms with Crippen molar-refractivity contribution >= 4 is 27.6 Å². The van der Waals surface area contributed by atoms with Gasteiger partial charge in [-0.3, -0.25) is 0 Å². The van der Waals surface area contributed by atoms with Crippen molar-refractivity contribution in [3.8, 4) is 0 Å². The van der Waals surface area contributed by atoms with E-state index >= 15 is 0 Å². The summed E-state index contributed by atoms with van der Waals surface area (Å²) in [4.78, 5) is 11.0. The van der Waals surface area contributed by atoms with Crippen LogP contribution < -0.4 is 10.6 Å². The summed E-state index contributed by atoms with van der Waals surface area (Å²) in [5.74, 6) is 1.70. The first-order valence-electron chi connectivity index (χ1n) is 7.40. The molecule has 1 heterocycles. The fraction of sp³-hybridized carbons (Fsp3) is 0.714. The zero-order valence-corrected chi connectivity index (χ0v) is 13.9. The lowest BCUT2D eigenvalue weighted by molar-refractivity contribution is 0.254. The zero-order valence-electron chi connectivity index (χ0n) is 12.3. The third kappa shape index (κ3) is 4.06. The average molecular weight is 342 g/mol. The van der Waals surface area contributed by atoms with Crippen LogP contribution in [0.1, 0.15) is 32.6 Å². The number of likely N-dealkylation sites (N-methyl/N-ethyl adjacent to an activating group) is 1. The molecule has 0 bridgehead atoms. The molecule has 0 saturated heterocycles. The number of rotatable bonds is 7. The number of nitrogens with one attached hydrogen (secondary N) is 2. The highest BCUT2D eigenvalue weighted by atomic mass is 79.9. The van der Waals surface area contributed by atoms with Gasteiger partial charge in [0.05, 0.1) is 0 Å². The van der Waals surface area contributed by atoms with E-state index in [-0.39, 0.29) is 0 Å². The zero-order chi connectivity index (χ0) is 14.4. The van der Waals surface area contributed by atoms with Crippen LogP contribution in [0.2, 0.25) is 0 Å². The fourth-order valence-electron chi connectivity index (χ4n) is 2.66. The van der Waals surface area contributed by atoms with E-state index in [0.717, 1.165) is 41.8 Å². The van der Waals surface area contributed by atoms with Gasteiger partial charge in [0.2, 0.25) is 0 Å². The lowest BCUT2D eigenvalue weighted by Gasteiger charge is -2.24. The highest BCUT2D eigenvalue weighted by molar-refractivity contribution is 9.10. The molecule has 0 radical (unpaired) electrons. The van der Waals surface area contributed by atoms with Crippen molar-refractivity contribution in [3.63, 3.8) is 0 Å². The molecule has 0 unspecified atom stereocenters. The van der Waals surface area contributed by atoms with Crippen LogP contribution in [0.3, 0.4) is 0 Å². The van der Waals surface area contributed by atoms with Gasteiger partial charge in [-0.05, 0) is 42.7 Å². The predicted molar refractivity (Wildman–Crippen MR) is 87.3 cm³/mol. The molecule has 0 spiro atoms. The van der Waals surface area contributed by atoms with Gasteiger partial charge in [0.25, 0.3) is 0 Å². The second kappa shape index (κ2) is 7.78. The van der Waals surface area contributed by atoms with E-state index in [9.17, 15) is 0 Å². The molecule has 0 aliphatic heterocycles. The van der Waals surface area contributed by atoms with Gasteiger partial charge in [-0.1, -0.05) is 12.8 Å². The summed E-state index contributed by atoms with van der Waals surface area (Å²) < 4.78 is 0.908. The minimum absolute atomic E-state index is 0.767. The van der Waals surface area contributed by atoms with Crippen LogP contribution >= 0.6 is 15.9 Å². The number of anilines is 2. The molecule has 0 atom stereocenters. The average Bonchev–Trinajstić information content (AvgIpc) is 2.97. The Morgan fingerprint density at radius 3 is 2.55 bits per heavy atom. The molecule has 1 saturated carbocycles. The van der Waals surface area contributed by atoms with Gasteiger partial charge in [-0.15, -0.1) is 0 Å². The third-order valence-corrected chi connectivity index (χ3v) is 4.59. The van der Waals surface area contributed by atoms with E-state index in [1.807, 2.05) is 0 Å². The highest BCUT2D eigenvalue weighted by Gasteiger charge is 2.19. The lowest BCUT2D eigenvalue weighted by atomic mass is 10.2. The predicted octanol–water partition coefficient (Wildman–Crippen LogP) is 2.96. The van der Waals surface area contributed by atoms with Gasteiger partial charge in [0.1, 0.15) is 22.4 Å². The summed E-state index contributed by atoms with van der Waals surface area (Å²) in [5.41, 5.74) is 0. The molecule has 1 aliphatic rings. The summed E-state index contributed by atoms with van der Waals surface area (Å²) >= 11 is 3.55. The molecule has 0 amide bonds. The van der Waals surface area contributed by atoms with Crippen molar-refractivity contribution < 1.29 is 0 Å². The van der Waals surface area contributed by atoms with E-state index in [4.69, 9.17) is 0 Å². The Hall–Kier alpha value is -0.880. The molecule has 6 heteroatoms. The van der Waals surface area contributed by atoms with Gasteiger partial charge in [0.15, 0.2) is 0 Å². The van der Waals surface area contributed by atoms with E-state index in [2.05, 4.69) is 55.4 Å². The summed E-state index contributed by atoms with van der Waals surface area (Å²) in [6.07, 6.45) is 7.04. The van der Waals surface area contributed by atoms with Crippen molar-refractivity contribution in [2.45, 2.75) is 38.6 Å². The smallest absolute Gasteiger partial charge is 0.145 e. The van der Waals surface area contributed by atoms with E-state index < -0.39 is 0 Å². The van der Waals surface area contributed by atoms with Crippen LogP contribution in [0, 0.1) is 0 Å². The quantitative estimate of drug-likeness (QED) is 0.798. The minimum atomic E-state index is 0.767. The van der Waals surface area contributed by atoms with Crippen LogP contribution in [0.5, 0.6) is 0 Å². The first-order valence-corrected chi connectivity index (χ1v) is 8.20. The van der Waals surface area contributed by atoms with Gasteiger partial charge in [-0.25, -0.2) is 9.97 Å². The van der Waals surface area contributed by atoms with Crippen molar-refractivity contribution in [3.05, 3.63) is 10.8 Å². The van der Waals surface area contributed by atoms with Crippen molar-refractivity contribution in [2.75, 3.05) is 37.3 Å². The monoisotopic (exact) mass is 341 g/mol. The van der Waals surface area contributed by atoms with Crippen LogP contribution in [0.15, 0.2) is 10.8 Å². The summed E-state index contributed by atoms with van der Waals surface area (Å²) in [6, 6.07) is 0.767. The molecule has 20 heavy (non-hydrogen) atoms. The van der Waals surface area contributed by atoms with Crippen molar-refractivity contribution in [2.24, 2.45) is 0 Å². The Morgan fingerprint density at radius 2 is 1.90 bits per heavy atom. The van der Waals surface area contributed by atoms with Crippen LogP contribution in [-0.4, -0.2) is 47.6 Å². The van der Waals surface area contributed by atoms with Crippen LogP contribution in [0.4, 0.5) is 11.6 Å². The summed E-state index contributed by atoms with van der Waals surface area (Å²) in [6.45, 7) is 4.84. The molecule has 1 aliphatic carbocycles. The second-order valence-corrected chi connectivity index (χ2v) is 6.05. The van der Waals surface area contributed by atoms with E-state index in [0.29, 0.717) is 0 Å². The lowest BCUT2D eigenvalue weighted by Crippen LogP contribution is -2.33. The number of halogens is 1. The maximum Gasteiger partial charge on any atom is 0.145 e. The topological polar surface area (TPSA) is 53.1 Å². The Kier molecular flexibility index (Phi) is 6.04. The highest BCUT2D eigenvalue weighted by Crippen LogP contribution is 2.26. The fourth-order valence-corrected chi connectivity index (χ4v) is 3.15.